The third-order valence-corrected chi connectivity index (χ3v) is 5.15. The first kappa shape index (κ1) is 16.8. The van der Waals surface area contributed by atoms with E-state index < -0.39 is 0 Å². The van der Waals surface area contributed by atoms with Gasteiger partial charge in [-0.3, -0.25) is 14.1 Å². The van der Waals surface area contributed by atoms with Gasteiger partial charge in [-0.15, -0.1) is 0 Å². The molecule has 0 radical (unpaired) electrons. The molecule has 0 amide bonds. The Morgan fingerprint density at radius 3 is 2.50 bits per heavy atom. The number of ether oxygens (including phenoxy) is 1. The van der Waals surface area contributed by atoms with Gasteiger partial charge in [0.2, 0.25) is 0 Å². The number of benzene rings is 2. The van der Waals surface area contributed by atoms with Crippen LogP contribution >= 0.6 is 0 Å². The normalized spacial score (nSPS) is 16.5. The second-order valence-electron chi connectivity index (χ2n) is 6.91. The van der Waals surface area contributed by atoms with Crippen LogP contribution in [-0.4, -0.2) is 27.2 Å². The molecule has 1 aliphatic heterocycles. The average Bonchev–Trinajstić information content (AvgIpc) is 3.35. The van der Waals surface area contributed by atoms with E-state index in [1.165, 1.54) is 0 Å². The van der Waals surface area contributed by atoms with Crippen molar-refractivity contribution in [3.63, 3.8) is 0 Å². The van der Waals surface area contributed by atoms with Crippen molar-refractivity contribution in [2.75, 3.05) is 13.1 Å². The van der Waals surface area contributed by atoms with E-state index in [1.54, 1.807) is 17.0 Å². The number of nitrogens with zero attached hydrogens (tertiary/aromatic N) is 3. The summed E-state index contributed by atoms with van der Waals surface area (Å²) in [5.41, 5.74) is 2.50. The summed E-state index contributed by atoms with van der Waals surface area (Å²) < 4.78 is 9.48. The highest BCUT2D eigenvalue weighted by molar-refractivity contribution is 5.77. The van der Waals surface area contributed by atoms with Gasteiger partial charge in [0.05, 0.1) is 29.0 Å². The molecule has 3 heterocycles. The Balaban J connectivity index is 1.56. The summed E-state index contributed by atoms with van der Waals surface area (Å²) in [5, 5.41) is 3.34. The summed E-state index contributed by atoms with van der Waals surface area (Å²) in [4.78, 5) is 17.5. The van der Waals surface area contributed by atoms with Crippen LogP contribution in [0.15, 0.2) is 77.9 Å². The van der Waals surface area contributed by atoms with Crippen molar-refractivity contribution in [2.45, 2.75) is 12.5 Å². The minimum atomic E-state index is -0.0339. The molecule has 1 aliphatic rings. The molecule has 6 nitrogen and oxygen atoms in total. The molecule has 0 saturated carbocycles. The smallest absolute Gasteiger partial charge is 0.334 e. The number of nitrogens with one attached hydrogen (secondary N) is 1. The van der Waals surface area contributed by atoms with Crippen LogP contribution in [0, 0.1) is 0 Å². The number of hydrogen-bond donors (Lipinski definition) is 1. The quantitative estimate of drug-likeness (QED) is 0.595. The summed E-state index contributed by atoms with van der Waals surface area (Å²) in [7, 11) is 0. The van der Waals surface area contributed by atoms with Crippen LogP contribution in [-0.2, 0) is 0 Å². The average molecular weight is 372 g/mol. The first-order valence-corrected chi connectivity index (χ1v) is 9.42. The van der Waals surface area contributed by atoms with E-state index in [4.69, 9.17) is 4.74 Å². The third kappa shape index (κ3) is 2.88. The molecule has 5 rings (SSSR count). The van der Waals surface area contributed by atoms with Crippen LogP contribution < -0.4 is 15.7 Å². The zero-order chi connectivity index (χ0) is 18.9. The van der Waals surface area contributed by atoms with E-state index in [2.05, 4.69) is 10.3 Å². The molecular weight excluding hydrogens is 352 g/mol. The van der Waals surface area contributed by atoms with Gasteiger partial charge >= 0.3 is 5.69 Å². The summed E-state index contributed by atoms with van der Waals surface area (Å²) in [6, 6.07) is 19.3. The maximum Gasteiger partial charge on any atom is 0.334 e. The maximum atomic E-state index is 13.3. The lowest BCUT2D eigenvalue weighted by molar-refractivity contribution is 0.482. The fraction of sp³-hybridized carbons (Fsp3) is 0.182. The van der Waals surface area contributed by atoms with E-state index in [9.17, 15) is 4.79 Å². The predicted molar refractivity (Wildman–Crippen MR) is 108 cm³/mol. The van der Waals surface area contributed by atoms with Crippen LogP contribution in [0.2, 0.25) is 0 Å². The Kier molecular flexibility index (Phi) is 4.18. The van der Waals surface area contributed by atoms with Crippen molar-refractivity contribution >= 4 is 11.0 Å². The number of para-hydroxylation sites is 1. The molecule has 140 valence electrons. The molecule has 2 aromatic heterocycles. The molecule has 1 atom stereocenters. The minimum absolute atomic E-state index is 0.0339. The Hall–Kier alpha value is -3.38. The molecule has 6 heteroatoms. The van der Waals surface area contributed by atoms with Crippen LogP contribution in [0.3, 0.4) is 0 Å². The highest BCUT2D eigenvalue weighted by Gasteiger charge is 2.23. The van der Waals surface area contributed by atoms with Gasteiger partial charge in [0, 0.05) is 12.7 Å². The van der Waals surface area contributed by atoms with Gasteiger partial charge in [-0.2, -0.15) is 0 Å². The van der Waals surface area contributed by atoms with Crippen molar-refractivity contribution < 1.29 is 4.74 Å². The van der Waals surface area contributed by atoms with Gasteiger partial charge in [0.15, 0.2) is 0 Å². The predicted octanol–water partition coefficient (Wildman–Crippen LogP) is 3.51. The molecule has 2 aromatic carbocycles. The molecule has 1 N–H and O–H groups in total. The van der Waals surface area contributed by atoms with Crippen molar-refractivity contribution in [1.82, 2.24) is 19.4 Å². The number of imidazole rings is 1. The standard InChI is InChI=1S/C22H20N4O2/c27-22-25(16-6-8-19(9-7-16)28-18-4-2-1-3-5-18)21-15-24-13-11-20(21)26(22)17-10-12-23-14-17/h1-9,11,13,15,17,23H,10,12,14H2. The van der Waals surface area contributed by atoms with Crippen LogP contribution in [0.4, 0.5) is 0 Å². The van der Waals surface area contributed by atoms with Gasteiger partial charge in [0.25, 0.3) is 0 Å². The minimum Gasteiger partial charge on any atom is -0.457 e. The number of aromatic nitrogens is 3. The van der Waals surface area contributed by atoms with E-state index in [0.717, 1.165) is 47.7 Å². The third-order valence-electron chi connectivity index (χ3n) is 5.15. The fourth-order valence-electron chi connectivity index (χ4n) is 3.82. The fourth-order valence-corrected chi connectivity index (χ4v) is 3.82. The van der Waals surface area contributed by atoms with Gasteiger partial charge in [-0.25, -0.2) is 4.79 Å². The molecule has 0 bridgehead atoms. The number of pyridine rings is 1. The van der Waals surface area contributed by atoms with Crippen LogP contribution in [0.1, 0.15) is 12.5 Å². The second-order valence-corrected chi connectivity index (χ2v) is 6.91. The van der Waals surface area contributed by atoms with E-state index in [0.29, 0.717) is 0 Å². The van der Waals surface area contributed by atoms with Crippen molar-refractivity contribution in [1.29, 1.82) is 0 Å². The highest BCUT2D eigenvalue weighted by atomic mass is 16.5. The lowest BCUT2D eigenvalue weighted by Crippen LogP contribution is -2.27. The van der Waals surface area contributed by atoms with E-state index in [-0.39, 0.29) is 11.7 Å². The Morgan fingerprint density at radius 2 is 1.75 bits per heavy atom. The van der Waals surface area contributed by atoms with Gasteiger partial charge < -0.3 is 10.1 Å². The Morgan fingerprint density at radius 1 is 0.964 bits per heavy atom. The highest BCUT2D eigenvalue weighted by Crippen LogP contribution is 2.25. The van der Waals surface area contributed by atoms with E-state index >= 15 is 0 Å². The SMILES string of the molecule is O=c1n(-c2ccc(Oc3ccccc3)cc2)c2cnccc2n1C1CCNC1. The van der Waals surface area contributed by atoms with Crippen molar-refractivity contribution in [3.05, 3.63) is 83.5 Å². The lowest BCUT2D eigenvalue weighted by Gasteiger charge is -2.10. The number of rotatable bonds is 4. The summed E-state index contributed by atoms with van der Waals surface area (Å²) in [6.07, 6.45) is 4.44. The molecule has 1 saturated heterocycles. The zero-order valence-corrected chi connectivity index (χ0v) is 15.3. The maximum absolute atomic E-state index is 13.3. The van der Waals surface area contributed by atoms with E-state index in [1.807, 2.05) is 65.2 Å². The Labute approximate surface area is 162 Å². The van der Waals surface area contributed by atoms with Crippen LogP contribution in [0.25, 0.3) is 16.7 Å². The molecule has 1 unspecified atom stereocenters. The van der Waals surface area contributed by atoms with Gasteiger partial charge in [0.1, 0.15) is 11.5 Å². The monoisotopic (exact) mass is 372 g/mol. The first-order valence-electron chi connectivity index (χ1n) is 9.42. The zero-order valence-electron chi connectivity index (χ0n) is 15.3. The lowest BCUT2D eigenvalue weighted by atomic mass is 10.2. The molecular formula is C22H20N4O2. The van der Waals surface area contributed by atoms with Crippen molar-refractivity contribution in [2.24, 2.45) is 0 Å². The number of hydrogen-bond acceptors (Lipinski definition) is 4. The molecule has 28 heavy (non-hydrogen) atoms. The second kappa shape index (κ2) is 6.98. The van der Waals surface area contributed by atoms with Crippen LogP contribution in [0.5, 0.6) is 11.5 Å². The number of fused-ring (bicyclic) bond motifs is 1. The summed E-state index contributed by atoms with van der Waals surface area (Å²) >= 11 is 0. The summed E-state index contributed by atoms with van der Waals surface area (Å²) in [5.74, 6) is 1.51. The topological polar surface area (TPSA) is 61.1 Å². The molecule has 0 spiro atoms. The van der Waals surface area contributed by atoms with Gasteiger partial charge in [-0.1, -0.05) is 18.2 Å². The van der Waals surface area contributed by atoms with Crippen molar-refractivity contribution in [3.8, 4) is 17.2 Å². The largest absolute Gasteiger partial charge is 0.457 e. The Bertz CT molecular complexity index is 1160. The molecule has 4 aromatic rings. The molecule has 1 fully saturated rings. The van der Waals surface area contributed by atoms with Gasteiger partial charge in [-0.05, 0) is 55.4 Å². The first-order chi connectivity index (χ1) is 13.8. The molecule has 0 aliphatic carbocycles. The summed E-state index contributed by atoms with van der Waals surface area (Å²) in [6.45, 7) is 1.74.